The molecule has 152 valence electrons. The molecule has 0 saturated heterocycles. The van der Waals surface area contributed by atoms with Crippen LogP contribution in [0.15, 0.2) is 48.7 Å². The van der Waals surface area contributed by atoms with Crippen molar-refractivity contribution in [3.63, 3.8) is 0 Å². The van der Waals surface area contributed by atoms with Crippen molar-refractivity contribution in [2.75, 3.05) is 38.5 Å². The van der Waals surface area contributed by atoms with Gasteiger partial charge in [0.2, 0.25) is 11.7 Å². The monoisotopic (exact) mass is 398 g/mol. The van der Waals surface area contributed by atoms with Crippen LogP contribution in [-0.2, 0) is 6.42 Å². The van der Waals surface area contributed by atoms with Crippen molar-refractivity contribution in [3.05, 3.63) is 60.0 Å². The molecule has 0 aliphatic rings. The van der Waals surface area contributed by atoms with Gasteiger partial charge in [-0.2, -0.15) is 4.98 Å². The van der Waals surface area contributed by atoms with Crippen molar-refractivity contribution >= 4 is 17.5 Å². The molecule has 0 spiro atoms. The molecule has 0 saturated carbocycles. The number of hydrogen-bond donors (Lipinski definition) is 2. The fraction of sp³-hybridized carbons (Fsp3) is 0.238. The standard InChI is InChI=1S/C21H23FN4O3/c1-27-17-12-15(13-18(28-2)20(17)29-3)25-21-24-11-9-19(26-21)23-10-8-14-6-4-5-7-16(14)22/h4-7,9,11-13H,8,10H2,1-3H3,(H2,23,24,25,26). The SMILES string of the molecule is COc1cc(Nc2nccc(NCCc3ccccc3F)n2)cc(OC)c1OC. The summed E-state index contributed by atoms with van der Waals surface area (Å²) in [7, 11) is 4.66. The summed E-state index contributed by atoms with van der Waals surface area (Å²) in [5.41, 5.74) is 1.34. The van der Waals surface area contributed by atoms with Gasteiger partial charge in [-0.15, -0.1) is 0 Å². The Balaban J connectivity index is 1.69. The number of nitrogens with zero attached hydrogens (tertiary/aromatic N) is 2. The van der Waals surface area contributed by atoms with Crippen molar-refractivity contribution in [3.8, 4) is 17.2 Å². The Kier molecular flexibility index (Phi) is 6.67. The topological polar surface area (TPSA) is 77.5 Å². The predicted molar refractivity (Wildman–Crippen MR) is 110 cm³/mol. The van der Waals surface area contributed by atoms with Gasteiger partial charge in [-0.05, 0) is 24.1 Å². The minimum absolute atomic E-state index is 0.207. The molecule has 7 nitrogen and oxygen atoms in total. The summed E-state index contributed by atoms with van der Waals surface area (Å²) in [4.78, 5) is 8.67. The van der Waals surface area contributed by atoms with Gasteiger partial charge < -0.3 is 24.8 Å². The Bertz CT molecular complexity index is 943. The van der Waals surface area contributed by atoms with Crippen LogP contribution in [0.4, 0.5) is 21.8 Å². The molecule has 0 bridgehead atoms. The smallest absolute Gasteiger partial charge is 0.229 e. The van der Waals surface area contributed by atoms with Gasteiger partial charge in [0.1, 0.15) is 11.6 Å². The molecule has 2 N–H and O–H groups in total. The van der Waals surface area contributed by atoms with Crippen LogP contribution in [0.1, 0.15) is 5.56 Å². The highest BCUT2D eigenvalue weighted by Gasteiger charge is 2.14. The third kappa shape index (κ3) is 5.04. The maximum atomic E-state index is 13.7. The van der Waals surface area contributed by atoms with Gasteiger partial charge in [0.15, 0.2) is 11.5 Å². The lowest BCUT2D eigenvalue weighted by Crippen LogP contribution is -2.08. The number of hydrogen-bond acceptors (Lipinski definition) is 7. The molecule has 3 aromatic rings. The van der Waals surface area contributed by atoms with Crippen molar-refractivity contribution in [1.29, 1.82) is 0 Å². The van der Waals surface area contributed by atoms with E-state index in [0.29, 0.717) is 53.2 Å². The molecule has 0 aliphatic carbocycles. The maximum Gasteiger partial charge on any atom is 0.229 e. The molecule has 0 aliphatic heterocycles. The first-order chi connectivity index (χ1) is 14.1. The average Bonchev–Trinajstić information content (AvgIpc) is 2.74. The number of methoxy groups -OCH3 is 3. The van der Waals surface area contributed by atoms with E-state index in [-0.39, 0.29) is 5.82 Å². The van der Waals surface area contributed by atoms with Gasteiger partial charge in [-0.25, -0.2) is 9.37 Å². The van der Waals surface area contributed by atoms with E-state index in [2.05, 4.69) is 20.6 Å². The summed E-state index contributed by atoms with van der Waals surface area (Å²) in [5, 5.41) is 6.31. The fourth-order valence-electron chi connectivity index (χ4n) is 2.83. The molecule has 0 fully saturated rings. The van der Waals surface area contributed by atoms with Crippen LogP contribution in [0.2, 0.25) is 0 Å². The quantitative estimate of drug-likeness (QED) is 0.563. The lowest BCUT2D eigenvalue weighted by Gasteiger charge is -2.15. The zero-order chi connectivity index (χ0) is 20.6. The van der Waals surface area contributed by atoms with Crippen molar-refractivity contribution in [1.82, 2.24) is 9.97 Å². The third-order valence-electron chi connectivity index (χ3n) is 4.23. The molecule has 1 aromatic heterocycles. The van der Waals surface area contributed by atoms with Gasteiger partial charge in [0, 0.05) is 30.6 Å². The molecule has 1 heterocycles. The lowest BCUT2D eigenvalue weighted by atomic mass is 10.1. The van der Waals surface area contributed by atoms with E-state index >= 15 is 0 Å². The van der Waals surface area contributed by atoms with E-state index < -0.39 is 0 Å². The minimum Gasteiger partial charge on any atom is -0.493 e. The van der Waals surface area contributed by atoms with Gasteiger partial charge in [0.05, 0.1) is 21.3 Å². The first kappa shape index (κ1) is 20.2. The zero-order valence-corrected chi connectivity index (χ0v) is 16.5. The summed E-state index contributed by atoms with van der Waals surface area (Å²) in [6.07, 6.45) is 2.19. The lowest BCUT2D eigenvalue weighted by molar-refractivity contribution is 0.324. The number of rotatable bonds is 9. The minimum atomic E-state index is -0.207. The molecule has 0 unspecified atom stereocenters. The largest absolute Gasteiger partial charge is 0.493 e. The highest BCUT2D eigenvalue weighted by Crippen LogP contribution is 2.40. The van der Waals surface area contributed by atoms with Crippen molar-refractivity contribution in [2.24, 2.45) is 0 Å². The van der Waals surface area contributed by atoms with Gasteiger partial charge >= 0.3 is 0 Å². The van der Waals surface area contributed by atoms with Crippen LogP contribution in [0.5, 0.6) is 17.2 Å². The van der Waals surface area contributed by atoms with Crippen molar-refractivity contribution in [2.45, 2.75) is 6.42 Å². The van der Waals surface area contributed by atoms with Gasteiger partial charge in [-0.1, -0.05) is 18.2 Å². The van der Waals surface area contributed by atoms with Crippen LogP contribution in [-0.4, -0.2) is 37.8 Å². The maximum absolute atomic E-state index is 13.7. The second-order valence-corrected chi connectivity index (χ2v) is 6.07. The summed E-state index contributed by atoms with van der Waals surface area (Å²) in [5.74, 6) is 2.37. The molecule has 3 rings (SSSR count). The number of halogens is 1. The number of anilines is 3. The highest BCUT2D eigenvalue weighted by atomic mass is 19.1. The van der Waals surface area contributed by atoms with Crippen LogP contribution >= 0.6 is 0 Å². The number of benzene rings is 2. The second-order valence-electron chi connectivity index (χ2n) is 6.07. The molecular weight excluding hydrogens is 375 g/mol. The number of ether oxygens (including phenoxy) is 3. The first-order valence-corrected chi connectivity index (χ1v) is 9.02. The summed E-state index contributed by atoms with van der Waals surface area (Å²) < 4.78 is 29.7. The Morgan fingerprint density at radius 1 is 0.966 bits per heavy atom. The highest BCUT2D eigenvalue weighted by molar-refractivity contribution is 5.66. The summed E-state index contributed by atoms with van der Waals surface area (Å²) in [6, 6.07) is 12.0. The second kappa shape index (κ2) is 9.59. The Labute approximate surface area is 168 Å². The van der Waals surface area contributed by atoms with E-state index in [1.54, 1.807) is 57.9 Å². The van der Waals surface area contributed by atoms with E-state index in [1.165, 1.54) is 6.07 Å². The molecule has 0 amide bonds. The first-order valence-electron chi connectivity index (χ1n) is 9.02. The van der Waals surface area contributed by atoms with E-state index in [1.807, 2.05) is 6.07 Å². The van der Waals surface area contributed by atoms with E-state index in [9.17, 15) is 4.39 Å². The Hall–Kier alpha value is -3.55. The summed E-state index contributed by atoms with van der Waals surface area (Å²) >= 11 is 0. The molecular formula is C21H23FN4O3. The van der Waals surface area contributed by atoms with Crippen LogP contribution in [0.25, 0.3) is 0 Å². The van der Waals surface area contributed by atoms with Gasteiger partial charge in [0.25, 0.3) is 0 Å². The number of aromatic nitrogens is 2. The normalized spacial score (nSPS) is 10.3. The molecule has 0 atom stereocenters. The average molecular weight is 398 g/mol. The van der Waals surface area contributed by atoms with Crippen LogP contribution in [0, 0.1) is 5.82 Å². The zero-order valence-electron chi connectivity index (χ0n) is 16.5. The fourth-order valence-corrected chi connectivity index (χ4v) is 2.83. The van der Waals surface area contributed by atoms with Crippen molar-refractivity contribution < 1.29 is 18.6 Å². The molecule has 0 radical (unpaired) electrons. The number of nitrogens with one attached hydrogen (secondary N) is 2. The van der Waals surface area contributed by atoms with Gasteiger partial charge in [-0.3, -0.25) is 0 Å². The van der Waals surface area contributed by atoms with Crippen LogP contribution < -0.4 is 24.8 Å². The molecule has 8 heteroatoms. The van der Waals surface area contributed by atoms with Crippen LogP contribution in [0.3, 0.4) is 0 Å². The van der Waals surface area contributed by atoms with E-state index in [4.69, 9.17) is 14.2 Å². The Morgan fingerprint density at radius 2 is 1.69 bits per heavy atom. The molecule has 2 aromatic carbocycles. The third-order valence-corrected chi connectivity index (χ3v) is 4.23. The molecule has 29 heavy (non-hydrogen) atoms. The summed E-state index contributed by atoms with van der Waals surface area (Å²) in [6.45, 7) is 0.543. The predicted octanol–water partition coefficient (Wildman–Crippen LogP) is 4.04. The Morgan fingerprint density at radius 3 is 2.34 bits per heavy atom. The van der Waals surface area contributed by atoms with E-state index in [0.717, 1.165) is 0 Å².